The van der Waals surface area contributed by atoms with Gasteiger partial charge in [0.1, 0.15) is 11.9 Å². The van der Waals surface area contributed by atoms with Gasteiger partial charge in [0.2, 0.25) is 15.9 Å². The second kappa shape index (κ2) is 7.67. The average molecular weight is 415 g/mol. The minimum Gasteiger partial charge on any atom is -0.473 e. The first kappa shape index (κ1) is 20.5. The van der Waals surface area contributed by atoms with Gasteiger partial charge in [0, 0.05) is 18.3 Å². The number of hydrogen-bond donors (Lipinski definition) is 0. The summed E-state index contributed by atoms with van der Waals surface area (Å²) in [5, 5.41) is 0. The number of benzene rings is 1. The predicted molar refractivity (Wildman–Crippen MR) is 95.4 cm³/mol. The number of alkyl halides is 3. The molecule has 1 atom stereocenters. The van der Waals surface area contributed by atoms with Crippen LogP contribution in [0, 0.1) is 13.8 Å². The van der Waals surface area contributed by atoms with Gasteiger partial charge in [0.05, 0.1) is 17.0 Å². The van der Waals surface area contributed by atoms with E-state index in [0.29, 0.717) is 24.5 Å². The van der Waals surface area contributed by atoms with Gasteiger partial charge in [-0.05, 0) is 51.0 Å². The van der Waals surface area contributed by atoms with E-state index in [1.807, 2.05) is 6.92 Å². The van der Waals surface area contributed by atoms with Crippen LogP contribution in [0.15, 0.2) is 35.2 Å². The zero-order valence-corrected chi connectivity index (χ0v) is 16.2. The van der Waals surface area contributed by atoms with Crippen LogP contribution in [0.1, 0.15) is 29.9 Å². The number of aromatic nitrogens is 2. The lowest BCUT2D eigenvalue weighted by molar-refractivity contribution is -0.137. The molecule has 0 bridgehead atoms. The third-order valence-electron chi connectivity index (χ3n) is 4.39. The Morgan fingerprint density at radius 3 is 2.43 bits per heavy atom. The van der Waals surface area contributed by atoms with Gasteiger partial charge in [-0.2, -0.15) is 22.5 Å². The van der Waals surface area contributed by atoms with Crippen LogP contribution in [0.4, 0.5) is 13.2 Å². The maximum Gasteiger partial charge on any atom is 0.416 e. The van der Waals surface area contributed by atoms with Crippen LogP contribution in [-0.4, -0.2) is 41.9 Å². The third kappa shape index (κ3) is 4.61. The van der Waals surface area contributed by atoms with Crippen molar-refractivity contribution in [2.24, 2.45) is 0 Å². The van der Waals surface area contributed by atoms with E-state index < -0.39 is 27.9 Å². The Labute approximate surface area is 161 Å². The molecule has 0 radical (unpaired) electrons. The van der Waals surface area contributed by atoms with E-state index in [0.717, 1.165) is 30.0 Å². The van der Waals surface area contributed by atoms with E-state index in [1.54, 1.807) is 13.0 Å². The van der Waals surface area contributed by atoms with Crippen molar-refractivity contribution in [1.29, 1.82) is 0 Å². The smallest absolute Gasteiger partial charge is 0.416 e. The van der Waals surface area contributed by atoms with Crippen LogP contribution in [0.2, 0.25) is 0 Å². The minimum absolute atomic E-state index is 0.103. The van der Waals surface area contributed by atoms with Crippen LogP contribution < -0.4 is 4.74 Å². The number of nitrogens with zero attached hydrogens (tertiary/aromatic N) is 3. The predicted octanol–water partition coefficient (Wildman–Crippen LogP) is 3.34. The summed E-state index contributed by atoms with van der Waals surface area (Å²) in [6.07, 6.45) is -3.68. The Morgan fingerprint density at radius 1 is 1.14 bits per heavy atom. The lowest BCUT2D eigenvalue weighted by atomic mass is 10.1. The van der Waals surface area contributed by atoms with Crippen molar-refractivity contribution in [3.63, 3.8) is 0 Å². The van der Waals surface area contributed by atoms with E-state index in [4.69, 9.17) is 4.74 Å². The van der Waals surface area contributed by atoms with Crippen molar-refractivity contribution in [2.45, 2.75) is 43.9 Å². The van der Waals surface area contributed by atoms with E-state index in [-0.39, 0.29) is 18.0 Å². The second-order valence-electron chi connectivity index (χ2n) is 6.66. The molecule has 0 saturated carbocycles. The summed E-state index contributed by atoms with van der Waals surface area (Å²) in [5.41, 5.74) is -0.145. The normalized spacial score (nSPS) is 18.8. The molecule has 0 unspecified atom stereocenters. The van der Waals surface area contributed by atoms with E-state index in [2.05, 4.69) is 9.97 Å². The van der Waals surface area contributed by atoms with Gasteiger partial charge in [-0.1, -0.05) is 0 Å². The SMILES string of the molecule is Cc1cc(O[C@H]2CCCN(S(=O)(=O)c3ccc(C(F)(F)F)cc3)C2)nc(C)n1. The number of ether oxygens (including phenoxy) is 1. The summed E-state index contributed by atoms with van der Waals surface area (Å²) in [6, 6.07) is 5.20. The van der Waals surface area contributed by atoms with Crippen LogP contribution in [0.25, 0.3) is 0 Å². The molecule has 1 aromatic carbocycles. The van der Waals surface area contributed by atoms with Crippen molar-refractivity contribution >= 4 is 10.0 Å². The van der Waals surface area contributed by atoms with Gasteiger partial charge < -0.3 is 4.74 Å². The summed E-state index contributed by atoms with van der Waals surface area (Å²) in [7, 11) is -3.91. The number of piperidine rings is 1. The summed E-state index contributed by atoms with van der Waals surface area (Å²) in [5.74, 6) is 0.934. The van der Waals surface area contributed by atoms with Crippen molar-refractivity contribution in [3.05, 3.63) is 47.4 Å². The fraction of sp³-hybridized carbons (Fsp3) is 0.444. The summed E-state index contributed by atoms with van der Waals surface area (Å²) >= 11 is 0. The van der Waals surface area contributed by atoms with Gasteiger partial charge in [0.15, 0.2) is 0 Å². The minimum atomic E-state index is -4.51. The Kier molecular flexibility index (Phi) is 5.62. The number of rotatable bonds is 4. The number of aryl methyl sites for hydroxylation is 2. The lowest BCUT2D eigenvalue weighted by Crippen LogP contribution is -2.44. The van der Waals surface area contributed by atoms with Crippen LogP contribution in [0.5, 0.6) is 5.88 Å². The maximum absolute atomic E-state index is 12.8. The Balaban J connectivity index is 1.75. The molecule has 1 aromatic heterocycles. The molecule has 2 aromatic rings. The Morgan fingerprint density at radius 2 is 1.82 bits per heavy atom. The van der Waals surface area contributed by atoms with Crippen molar-refractivity contribution < 1.29 is 26.3 Å². The van der Waals surface area contributed by atoms with Gasteiger partial charge in [-0.25, -0.2) is 13.4 Å². The van der Waals surface area contributed by atoms with Crippen molar-refractivity contribution in [2.75, 3.05) is 13.1 Å². The molecule has 3 rings (SSSR count). The highest BCUT2D eigenvalue weighted by Crippen LogP contribution is 2.30. The van der Waals surface area contributed by atoms with Gasteiger partial charge >= 0.3 is 6.18 Å². The van der Waals surface area contributed by atoms with Crippen LogP contribution in [-0.2, 0) is 16.2 Å². The number of halogens is 3. The molecule has 2 heterocycles. The first-order valence-electron chi connectivity index (χ1n) is 8.72. The molecule has 28 heavy (non-hydrogen) atoms. The summed E-state index contributed by atoms with van der Waals surface area (Å²) in [6.45, 7) is 3.93. The fourth-order valence-electron chi connectivity index (χ4n) is 3.10. The molecule has 1 aliphatic rings. The quantitative estimate of drug-likeness (QED) is 0.766. The second-order valence-corrected chi connectivity index (χ2v) is 8.60. The molecule has 152 valence electrons. The third-order valence-corrected chi connectivity index (χ3v) is 6.27. The molecule has 6 nitrogen and oxygen atoms in total. The monoisotopic (exact) mass is 415 g/mol. The number of hydrogen-bond acceptors (Lipinski definition) is 5. The molecule has 1 saturated heterocycles. The summed E-state index contributed by atoms with van der Waals surface area (Å²) < 4.78 is 70.8. The van der Waals surface area contributed by atoms with E-state index >= 15 is 0 Å². The van der Waals surface area contributed by atoms with Crippen molar-refractivity contribution in [3.8, 4) is 5.88 Å². The molecule has 10 heteroatoms. The highest BCUT2D eigenvalue weighted by molar-refractivity contribution is 7.89. The molecule has 0 spiro atoms. The largest absolute Gasteiger partial charge is 0.473 e. The number of sulfonamides is 1. The molecular formula is C18H20F3N3O3S. The van der Waals surface area contributed by atoms with E-state index in [9.17, 15) is 21.6 Å². The summed E-state index contributed by atoms with van der Waals surface area (Å²) in [4.78, 5) is 8.19. The van der Waals surface area contributed by atoms with Gasteiger partial charge in [-0.3, -0.25) is 0 Å². The highest BCUT2D eigenvalue weighted by Gasteiger charge is 2.33. The zero-order valence-electron chi connectivity index (χ0n) is 15.4. The lowest BCUT2D eigenvalue weighted by Gasteiger charge is -2.32. The zero-order chi connectivity index (χ0) is 20.5. The van der Waals surface area contributed by atoms with Crippen molar-refractivity contribution in [1.82, 2.24) is 14.3 Å². The van der Waals surface area contributed by atoms with E-state index in [1.165, 1.54) is 4.31 Å². The Hall–Kier alpha value is -2.20. The van der Waals surface area contributed by atoms with Crippen LogP contribution in [0.3, 0.4) is 0 Å². The van der Waals surface area contributed by atoms with Gasteiger partial charge in [0.25, 0.3) is 0 Å². The Bertz CT molecular complexity index is 927. The first-order valence-corrected chi connectivity index (χ1v) is 10.2. The molecule has 1 aliphatic heterocycles. The molecule has 0 amide bonds. The molecular weight excluding hydrogens is 395 g/mol. The molecule has 0 N–H and O–H groups in total. The first-order chi connectivity index (χ1) is 13.1. The average Bonchev–Trinajstić information content (AvgIpc) is 2.60. The molecule has 1 fully saturated rings. The van der Waals surface area contributed by atoms with Crippen LogP contribution >= 0.6 is 0 Å². The topological polar surface area (TPSA) is 72.4 Å². The van der Waals surface area contributed by atoms with Gasteiger partial charge in [-0.15, -0.1) is 0 Å². The standard InChI is InChI=1S/C18H20F3N3O3S/c1-12-10-17(23-13(2)22-12)27-15-4-3-9-24(11-15)28(25,26)16-7-5-14(6-8-16)18(19,20)21/h5-8,10,15H,3-4,9,11H2,1-2H3/t15-/m0/s1. The maximum atomic E-state index is 12.8. The molecule has 0 aliphatic carbocycles. The fourth-order valence-corrected chi connectivity index (χ4v) is 4.61. The highest BCUT2D eigenvalue weighted by atomic mass is 32.2.